The molecule has 0 aromatic heterocycles. The van der Waals surface area contributed by atoms with E-state index in [2.05, 4.69) is 17.3 Å². The molecule has 24 heavy (non-hydrogen) atoms. The molecule has 1 saturated heterocycles. The second-order valence-electron chi connectivity index (χ2n) is 5.97. The molecule has 0 radical (unpaired) electrons. The highest BCUT2D eigenvalue weighted by atomic mass is 16.5. The summed E-state index contributed by atoms with van der Waals surface area (Å²) in [6.07, 6.45) is 1.75. The summed E-state index contributed by atoms with van der Waals surface area (Å²) < 4.78 is 10.4. The molecule has 1 aliphatic rings. The summed E-state index contributed by atoms with van der Waals surface area (Å²) >= 11 is 0. The number of anilines is 1. The zero-order valence-corrected chi connectivity index (χ0v) is 14.7. The van der Waals surface area contributed by atoms with Crippen molar-refractivity contribution in [3.63, 3.8) is 0 Å². The number of rotatable bonds is 4. The number of carbonyl (C=O) groups is 2. The highest BCUT2D eigenvalue weighted by Crippen LogP contribution is 2.29. The van der Waals surface area contributed by atoms with Crippen molar-refractivity contribution < 1.29 is 19.1 Å². The van der Waals surface area contributed by atoms with Gasteiger partial charge in [-0.3, -0.25) is 9.59 Å². The fourth-order valence-corrected chi connectivity index (χ4v) is 2.79. The van der Waals surface area contributed by atoms with Gasteiger partial charge in [0.15, 0.2) is 0 Å². The first kappa shape index (κ1) is 18.1. The Balaban J connectivity index is 2.02. The van der Waals surface area contributed by atoms with Gasteiger partial charge >= 0.3 is 11.8 Å². The number of amides is 2. The number of nitrogens with one attached hydrogen (secondary N) is 1. The maximum Gasteiger partial charge on any atom is 0.314 e. The molecule has 7 nitrogen and oxygen atoms in total. The minimum absolute atomic E-state index is 0.0946. The zero-order chi connectivity index (χ0) is 17.7. The van der Waals surface area contributed by atoms with Crippen LogP contribution in [0, 0.1) is 0 Å². The number of carbonyl (C=O) groups excluding carboxylic acids is 2. The van der Waals surface area contributed by atoms with Crippen molar-refractivity contribution in [3.05, 3.63) is 18.2 Å². The van der Waals surface area contributed by atoms with Crippen molar-refractivity contribution in [3.8, 4) is 11.5 Å². The smallest absolute Gasteiger partial charge is 0.314 e. The van der Waals surface area contributed by atoms with E-state index in [0.717, 1.165) is 25.9 Å². The number of methoxy groups -OCH3 is 2. The van der Waals surface area contributed by atoms with Gasteiger partial charge in [0.05, 0.1) is 19.9 Å². The molecule has 1 N–H and O–H groups in total. The first-order chi connectivity index (χ1) is 11.5. The van der Waals surface area contributed by atoms with Crippen molar-refractivity contribution in [2.45, 2.75) is 18.9 Å². The molecule has 2 rings (SSSR count). The van der Waals surface area contributed by atoms with Crippen LogP contribution in [-0.2, 0) is 9.59 Å². The van der Waals surface area contributed by atoms with Crippen LogP contribution in [0.5, 0.6) is 11.5 Å². The van der Waals surface area contributed by atoms with Gasteiger partial charge in [0.2, 0.25) is 0 Å². The van der Waals surface area contributed by atoms with Crippen LogP contribution in [0.15, 0.2) is 18.2 Å². The number of nitrogens with zero attached hydrogens (tertiary/aromatic N) is 2. The molecule has 1 aromatic carbocycles. The van der Waals surface area contributed by atoms with E-state index in [-0.39, 0.29) is 6.04 Å². The first-order valence-corrected chi connectivity index (χ1v) is 7.95. The number of ether oxygens (including phenoxy) is 2. The van der Waals surface area contributed by atoms with Gasteiger partial charge in [-0.15, -0.1) is 0 Å². The van der Waals surface area contributed by atoms with Crippen LogP contribution in [0.2, 0.25) is 0 Å². The Bertz CT molecular complexity index is 597. The van der Waals surface area contributed by atoms with Gasteiger partial charge in [0, 0.05) is 19.2 Å². The van der Waals surface area contributed by atoms with E-state index in [0.29, 0.717) is 17.2 Å². The molecular formula is C17H25N3O4. The number of likely N-dealkylation sites (N-methyl/N-ethyl adjacent to an activating group) is 1. The Labute approximate surface area is 142 Å². The second kappa shape index (κ2) is 8.01. The zero-order valence-electron chi connectivity index (χ0n) is 14.7. The van der Waals surface area contributed by atoms with Crippen LogP contribution < -0.4 is 14.8 Å². The topological polar surface area (TPSA) is 71.1 Å². The van der Waals surface area contributed by atoms with E-state index in [1.165, 1.54) is 7.11 Å². The predicted molar refractivity (Wildman–Crippen MR) is 91.5 cm³/mol. The SMILES string of the molecule is COc1ccc(NC(=O)C(=O)N(C)C2CCN(C)CC2)c(OC)c1. The molecule has 0 atom stereocenters. The minimum atomic E-state index is -0.667. The van der Waals surface area contributed by atoms with Crippen molar-refractivity contribution in [1.82, 2.24) is 9.80 Å². The summed E-state index contributed by atoms with van der Waals surface area (Å²) in [7, 11) is 6.79. The molecule has 1 aromatic rings. The minimum Gasteiger partial charge on any atom is -0.497 e. The summed E-state index contributed by atoms with van der Waals surface area (Å²) in [6.45, 7) is 1.85. The lowest BCUT2D eigenvalue weighted by Gasteiger charge is -2.34. The van der Waals surface area contributed by atoms with Gasteiger partial charge in [0.1, 0.15) is 11.5 Å². The van der Waals surface area contributed by atoms with Crippen molar-refractivity contribution in [2.24, 2.45) is 0 Å². The Morgan fingerprint density at radius 1 is 1.21 bits per heavy atom. The van der Waals surface area contributed by atoms with Gasteiger partial charge in [-0.05, 0) is 45.1 Å². The van der Waals surface area contributed by atoms with Gasteiger partial charge in [-0.1, -0.05) is 0 Å². The molecule has 0 bridgehead atoms. The van der Waals surface area contributed by atoms with Gasteiger partial charge in [-0.25, -0.2) is 0 Å². The van der Waals surface area contributed by atoms with E-state index in [1.54, 1.807) is 37.3 Å². The lowest BCUT2D eigenvalue weighted by molar-refractivity contribution is -0.144. The number of hydrogen-bond donors (Lipinski definition) is 1. The van der Waals surface area contributed by atoms with Crippen LogP contribution in [-0.4, -0.2) is 69.1 Å². The molecule has 7 heteroatoms. The second-order valence-corrected chi connectivity index (χ2v) is 5.97. The maximum absolute atomic E-state index is 12.4. The Morgan fingerprint density at radius 2 is 1.88 bits per heavy atom. The molecule has 1 aliphatic heterocycles. The predicted octanol–water partition coefficient (Wildman–Crippen LogP) is 1.19. The molecule has 1 heterocycles. The number of benzene rings is 1. The largest absolute Gasteiger partial charge is 0.497 e. The number of piperidine rings is 1. The van der Waals surface area contributed by atoms with Gasteiger partial charge < -0.3 is 24.6 Å². The third-order valence-corrected chi connectivity index (χ3v) is 4.41. The standard InChI is InChI=1S/C17H25N3O4/c1-19-9-7-12(8-10-19)20(2)17(22)16(21)18-14-6-5-13(23-3)11-15(14)24-4/h5-6,11-12H,7-10H2,1-4H3,(H,18,21). The molecule has 1 fully saturated rings. The third kappa shape index (κ3) is 4.17. The summed E-state index contributed by atoms with van der Waals surface area (Å²) in [5.41, 5.74) is 0.438. The van der Waals surface area contributed by atoms with Crippen molar-refractivity contribution >= 4 is 17.5 Å². The maximum atomic E-state index is 12.4. The van der Waals surface area contributed by atoms with Crippen LogP contribution in [0.3, 0.4) is 0 Å². The lowest BCUT2D eigenvalue weighted by Crippen LogP contribution is -2.47. The van der Waals surface area contributed by atoms with E-state index < -0.39 is 11.8 Å². The molecule has 2 amide bonds. The van der Waals surface area contributed by atoms with E-state index in [4.69, 9.17) is 9.47 Å². The van der Waals surface area contributed by atoms with Crippen molar-refractivity contribution in [1.29, 1.82) is 0 Å². The molecular weight excluding hydrogens is 310 g/mol. The van der Waals surface area contributed by atoms with E-state index in [1.807, 2.05) is 0 Å². The highest BCUT2D eigenvalue weighted by molar-refractivity contribution is 6.39. The summed E-state index contributed by atoms with van der Waals surface area (Å²) in [6, 6.07) is 5.10. The van der Waals surface area contributed by atoms with Crippen LogP contribution in [0.4, 0.5) is 5.69 Å². The number of hydrogen-bond acceptors (Lipinski definition) is 5. The molecule has 0 aliphatic carbocycles. The van der Waals surface area contributed by atoms with Crippen LogP contribution >= 0.6 is 0 Å². The van der Waals surface area contributed by atoms with Gasteiger partial charge in [0.25, 0.3) is 0 Å². The Kier molecular flexibility index (Phi) is 6.03. The Hall–Kier alpha value is -2.28. The van der Waals surface area contributed by atoms with Crippen LogP contribution in [0.25, 0.3) is 0 Å². The molecule has 0 spiro atoms. The lowest BCUT2D eigenvalue weighted by atomic mass is 10.0. The first-order valence-electron chi connectivity index (χ1n) is 7.95. The average molecular weight is 335 g/mol. The van der Waals surface area contributed by atoms with Crippen molar-refractivity contribution in [2.75, 3.05) is 46.7 Å². The summed E-state index contributed by atoms with van der Waals surface area (Å²) in [5, 5.41) is 2.62. The van der Waals surface area contributed by atoms with Crippen LogP contribution in [0.1, 0.15) is 12.8 Å². The van der Waals surface area contributed by atoms with Gasteiger partial charge in [-0.2, -0.15) is 0 Å². The Morgan fingerprint density at radius 3 is 2.46 bits per heavy atom. The average Bonchev–Trinajstić information content (AvgIpc) is 2.61. The highest BCUT2D eigenvalue weighted by Gasteiger charge is 2.28. The molecule has 132 valence electrons. The third-order valence-electron chi connectivity index (χ3n) is 4.41. The summed E-state index contributed by atoms with van der Waals surface area (Å²) in [5.74, 6) is -0.153. The fourth-order valence-electron chi connectivity index (χ4n) is 2.79. The fraction of sp³-hybridized carbons (Fsp3) is 0.529. The monoisotopic (exact) mass is 335 g/mol. The molecule has 0 unspecified atom stereocenters. The van der Waals surface area contributed by atoms with E-state index >= 15 is 0 Å². The quantitative estimate of drug-likeness (QED) is 0.837. The molecule has 0 saturated carbocycles. The van der Waals surface area contributed by atoms with E-state index in [9.17, 15) is 9.59 Å². The number of likely N-dealkylation sites (tertiary alicyclic amines) is 1. The normalized spacial score (nSPS) is 15.7. The summed E-state index contributed by atoms with van der Waals surface area (Å²) in [4.78, 5) is 28.4.